The summed E-state index contributed by atoms with van der Waals surface area (Å²) in [5.74, 6) is 0.942. The summed E-state index contributed by atoms with van der Waals surface area (Å²) in [6.07, 6.45) is 10.5. The summed E-state index contributed by atoms with van der Waals surface area (Å²) >= 11 is 0. The van der Waals surface area contributed by atoms with E-state index in [0.717, 1.165) is 18.0 Å². The van der Waals surface area contributed by atoms with Crippen LogP contribution in [0, 0.1) is 19.8 Å². The van der Waals surface area contributed by atoms with Crippen LogP contribution < -0.4 is 0 Å². The molecule has 2 aromatic rings. The van der Waals surface area contributed by atoms with E-state index in [-0.39, 0.29) is 0 Å². The number of hydrogen-bond acceptors (Lipinski definition) is 1. The lowest BCUT2D eigenvalue weighted by molar-refractivity contribution is 0.325. The van der Waals surface area contributed by atoms with Crippen molar-refractivity contribution >= 4 is 11.0 Å². The quantitative estimate of drug-likeness (QED) is 0.783. The molecule has 0 saturated heterocycles. The Kier molecular flexibility index (Phi) is 3.58. The van der Waals surface area contributed by atoms with Crippen molar-refractivity contribution in [1.82, 2.24) is 9.55 Å². The van der Waals surface area contributed by atoms with Gasteiger partial charge in [-0.2, -0.15) is 0 Å². The van der Waals surface area contributed by atoms with Gasteiger partial charge in [-0.3, -0.25) is 0 Å². The Morgan fingerprint density at radius 2 is 1.84 bits per heavy atom. The van der Waals surface area contributed by atoms with Crippen LogP contribution in [0.1, 0.15) is 49.7 Å². The monoisotopic (exact) mass is 256 g/mol. The van der Waals surface area contributed by atoms with Crippen molar-refractivity contribution in [3.05, 3.63) is 29.6 Å². The maximum absolute atomic E-state index is 4.55. The first-order valence-corrected chi connectivity index (χ1v) is 7.66. The van der Waals surface area contributed by atoms with Gasteiger partial charge in [0.1, 0.15) is 0 Å². The van der Waals surface area contributed by atoms with Gasteiger partial charge in [0.05, 0.1) is 17.4 Å². The van der Waals surface area contributed by atoms with Crippen LogP contribution in [0.5, 0.6) is 0 Å². The van der Waals surface area contributed by atoms with E-state index in [9.17, 15) is 0 Å². The first kappa shape index (κ1) is 12.7. The summed E-state index contributed by atoms with van der Waals surface area (Å²) < 4.78 is 2.34. The van der Waals surface area contributed by atoms with Gasteiger partial charge < -0.3 is 4.57 Å². The van der Waals surface area contributed by atoms with Crippen LogP contribution in [0.25, 0.3) is 11.0 Å². The third-order valence-corrected chi connectivity index (χ3v) is 4.74. The molecular formula is C17H24N2. The Morgan fingerprint density at radius 1 is 1.11 bits per heavy atom. The molecule has 0 radical (unpaired) electrons. The second-order valence-corrected chi connectivity index (χ2v) is 6.16. The minimum Gasteiger partial charge on any atom is -0.331 e. The summed E-state index contributed by atoms with van der Waals surface area (Å²) in [5.41, 5.74) is 5.16. The van der Waals surface area contributed by atoms with E-state index < -0.39 is 0 Å². The predicted octanol–water partition coefficient (Wildman–Crippen LogP) is 4.62. The highest BCUT2D eigenvalue weighted by Crippen LogP contribution is 2.27. The van der Waals surface area contributed by atoms with Crippen molar-refractivity contribution in [2.45, 2.75) is 58.9 Å². The van der Waals surface area contributed by atoms with Gasteiger partial charge in [0.2, 0.25) is 0 Å². The second kappa shape index (κ2) is 5.36. The predicted molar refractivity (Wildman–Crippen MR) is 80.4 cm³/mol. The van der Waals surface area contributed by atoms with Gasteiger partial charge >= 0.3 is 0 Å². The summed E-state index contributed by atoms with van der Waals surface area (Å²) in [4.78, 5) is 4.55. The van der Waals surface area contributed by atoms with Gasteiger partial charge in [-0.1, -0.05) is 32.1 Å². The fourth-order valence-electron chi connectivity index (χ4n) is 3.29. The fourth-order valence-corrected chi connectivity index (χ4v) is 3.29. The molecule has 0 spiro atoms. The number of benzene rings is 1. The molecule has 0 amide bonds. The Hall–Kier alpha value is -1.31. The smallest absolute Gasteiger partial charge is 0.0958 e. The molecule has 1 fully saturated rings. The summed E-state index contributed by atoms with van der Waals surface area (Å²) in [7, 11) is 0. The van der Waals surface area contributed by atoms with Crippen LogP contribution in [0.2, 0.25) is 0 Å². The molecule has 102 valence electrons. The van der Waals surface area contributed by atoms with Crippen LogP contribution in [-0.2, 0) is 6.54 Å². The van der Waals surface area contributed by atoms with E-state index in [1.165, 1.54) is 55.2 Å². The molecule has 0 atom stereocenters. The molecule has 19 heavy (non-hydrogen) atoms. The Balaban J connectivity index is 1.75. The van der Waals surface area contributed by atoms with Gasteiger partial charge in [-0.25, -0.2) is 4.98 Å². The van der Waals surface area contributed by atoms with E-state index in [1.807, 2.05) is 6.33 Å². The first-order chi connectivity index (χ1) is 9.24. The van der Waals surface area contributed by atoms with Crippen LogP contribution in [0.3, 0.4) is 0 Å². The highest BCUT2D eigenvalue weighted by atomic mass is 15.0. The molecule has 1 aromatic carbocycles. The van der Waals surface area contributed by atoms with Crippen molar-refractivity contribution in [2.75, 3.05) is 0 Å². The lowest BCUT2D eigenvalue weighted by Gasteiger charge is -2.21. The molecule has 1 aliphatic carbocycles. The number of fused-ring (bicyclic) bond motifs is 1. The molecule has 1 aliphatic rings. The summed E-state index contributed by atoms with van der Waals surface area (Å²) in [6, 6.07) is 4.50. The third kappa shape index (κ3) is 2.68. The molecule has 0 unspecified atom stereocenters. The number of aryl methyl sites for hydroxylation is 3. The number of nitrogens with zero attached hydrogens (tertiary/aromatic N) is 2. The van der Waals surface area contributed by atoms with Crippen molar-refractivity contribution < 1.29 is 0 Å². The highest BCUT2D eigenvalue weighted by molar-refractivity contribution is 5.77. The molecule has 0 bridgehead atoms. The molecule has 3 rings (SSSR count). The highest BCUT2D eigenvalue weighted by Gasteiger charge is 2.14. The number of imidazole rings is 1. The fraction of sp³-hybridized carbons (Fsp3) is 0.588. The zero-order chi connectivity index (χ0) is 13.2. The Morgan fingerprint density at radius 3 is 2.63 bits per heavy atom. The van der Waals surface area contributed by atoms with Crippen LogP contribution >= 0.6 is 0 Å². The van der Waals surface area contributed by atoms with Crippen LogP contribution in [-0.4, -0.2) is 9.55 Å². The third-order valence-electron chi connectivity index (χ3n) is 4.74. The topological polar surface area (TPSA) is 17.8 Å². The number of aromatic nitrogens is 2. The largest absolute Gasteiger partial charge is 0.331 e. The average molecular weight is 256 g/mol. The zero-order valence-electron chi connectivity index (χ0n) is 12.2. The van der Waals surface area contributed by atoms with E-state index in [0.29, 0.717) is 0 Å². The van der Waals surface area contributed by atoms with E-state index in [2.05, 4.69) is 35.5 Å². The molecule has 1 heterocycles. The molecule has 2 heteroatoms. The zero-order valence-corrected chi connectivity index (χ0v) is 12.2. The standard InChI is InChI=1S/C17H24N2/c1-13-10-16-17(11-14(13)2)19(12-18-16)9-8-15-6-4-3-5-7-15/h10-12,15H,3-9H2,1-2H3. The van der Waals surface area contributed by atoms with E-state index in [4.69, 9.17) is 0 Å². The SMILES string of the molecule is Cc1cc2ncn(CCC3CCCCC3)c2cc1C. The lowest BCUT2D eigenvalue weighted by atomic mass is 9.87. The second-order valence-electron chi connectivity index (χ2n) is 6.16. The molecule has 1 saturated carbocycles. The van der Waals surface area contributed by atoms with Crippen molar-refractivity contribution in [2.24, 2.45) is 5.92 Å². The maximum Gasteiger partial charge on any atom is 0.0958 e. The van der Waals surface area contributed by atoms with Gasteiger partial charge in [0, 0.05) is 6.54 Å². The molecular weight excluding hydrogens is 232 g/mol. The molecule has 2 nitrogen and oxygen atoms in total. The number of rotatable bonds is 3. The lowest BCUT2D eigenvalue weighted by Crippen LogP contribution is -2.09. The number of hydrogen-bond donors (Lipinski definition) is 0. The van der Waals surface area contributed by atoms with Gasteiger partial charge in [0.25, 0.3) is 0 Å². The average Bonchev–Trinajstić information content (AvgIpc) is 2.80. The van der Waals surface area contributed by atoms with Gasteiger partial charge in [0.15, 0.2) is 0 Å². The van der Waals surface area contributed by atoms with E-state index >= 15 is 0 Å². The Bertz CT molecular complexity index is 562. The summed E-state index contributed by atoms with van der Waals surface area (Å²) in [6.45, 7) is 5.48. The molecule has 0 N–H and O–H groups in total. The van der Waals surface area contributed by atoms with Gasteiger partial charge in [-0.05, 0) is 49.4 Å². The maximum atomic E-state index is 4.55. The van der Waals surface area contributed by atoms with Crippen molar-refractivity contribution in [1.29, 1.82) is 0 Å². The van der Waals surface area contributed by atoms with Crippen LogP contribution in [0.4, 0.5) is 0 Å². The minimum absolute atomic E-state index is 0.942. The van der Waals surface area contributed by atoms with Gasteiger partial charge in [-0.15, -0.1) is 0 Å². The molecule has 1 aromatic heterocycles. The first-order valence-electron chi connectivity index (χ1n) is 7.66. The molecule has 0 aliphatic heterocycles. The Labute approximate surface area is 115 Å². The van der Waals surface area contributed by atoms with Crippen molar-refractivity contribution in [3.8, 4) is 0 Å². The minimum atomic E-state index is 0.942. The van der Waals surface area contributed by atoms with Crippen molar-refractivity contribution in [3.63, 3.8) is 0 Å². The van der Waals surface area contributed by atoms with E-state index in [1.54, 1.807) is 0 Å². The normalized spacial score (nSPS) is 17.2. The van der Waals surface area contributed by atoms with Crippen LogP contribution in [0.15, 0.2) is 18.5 Å². The summed E-state index contributed by atoms with van der Waals surface area (Å²) in [5, 5.41) is 0.